The number of nitrogens with zero attached hydrogens (tertiary/aromatic N) is 1. The lowest BCUT2D eigenvalue weighted by Crippen LogP contribution is -2.33. The number of anilines is 2. The number of hydrogen-bond donors (Lipinski definition) is 1. The molecule has 0 saturated carbocycles. The Morgan fingerprint density at radius 1 is 0.848 bits per heavy atom. The summed E-state index contributed by atoms with van der Waals surface area (Å²) in [5.41, 5.74) is 3.21. The predicted molar refractivity (Wildman–Crippen MR) is 119 cm³/mol. The number of hydrogen-bond acceptors (Lipinski definition) is 4. The molecule has 2 amide bonds. The van der Waals surface area contributed by atoms with Gasteiger partial charge in [-0.3, -0.25) is 9.59 Å². The molecule has 1 heterocycles. The molecular formula is C25H19F3N2O3. The molecule has 0 bridgehead atoms. The molecule has 8 heteroatoms. The quantitative estimate of drug-likeness (QED) is 0.512. The highest BCUT2D eigenvalue weighted by Crippen LogP contribution is 2.35. The number of carbonyl (C=O) groups excluding carboxylic acids is 2. The van der Waals surface area contributed by atoms with Gasteiger partial charge in [0.1, 0.15) is 11.4 Å². The fourth-order valence-corrected chi connectivity index (χ4v) is 3.58. The highest BCUT2D eigenvalue weighted by molar-refractivity contribution is 6.46. The zero-order valence-electron chi connectivity index (χ0n) is 17.7. The molecule has 1 aliphatic heterocycles. The van der Waals surface area contributed by atoms with Gasteiger partial charge in [-0.2, -0.15) is 0 Å². The third-order valence-electron chi connectivity index (χ3n) is 5.11. The molecule has 0 radical (unpaired) electrons. The summed E-state index contributed by atoms with van der Waals surface area (Å²) in [5, 5.41) is 2.92. The van der Waals surface area contributed by atoms with Crippen molar-refractivity contribution in [3.8, 4) is 5.75 Å². The van der Waals surface area contributed by atoms with Crippen molar-refractivity contribution in [1.29, 1.82) is 0 Å². The number of imide groups is 1. The average Bonchev–Trinajstić information content (AvgIpc) is 3.00. The second-order valence-corrected chi connectivity index (χ2v) is 7.55. The number of halogens is 3. The molecule has 0 atom stereocenters. The van der Waals surface area contributed by atoms with Crippen molar-refractivity contribution in [1.82, 2.24) is 0 Å². The number of carbonyl (C=O) groups is 2. The van der Waals surface area contributed by atoms with E-state index in [0.717, 1.165) is 28.2 Å². The van der Waals surface area contributed by atoms with Crippen LogP contribution in [0.2, 0.25) is 0 Å². The number of ether oxygens (including phenoxy) is 1. The molecule has 4 rings (SSSR count). The fraction of sp³-hybridized carbons (Fsp3) is 0.120. The van der Waals surface area contributed by atoms with Crippen LogP contribution in [0.25, 0.3) is 5.57 Å². The molecule has 0 aliphatic carbocycles. The van der Waals surface area contributed by atoms with Gasteiger partial charge in [0.25, 0.3) is 11.8 Å². The summed E-state index contributed by atoms with van der Waals surface area (Å²) in [6, 6.07) is 19.2. The molecule has 0 spiro atoms. The van der Waals surface area contributed by atoms with Crippen LogP contribution in [0.15, 0.2) is 78.5 Å². The van der Waals surface area contributed by atoms with Crippen LogP contribution in [-0.2, 0) is 9.59 Å². The summed E-state index contributed by atoms with van der Waals surface area (Å²) in [4.78, 5) is 28.0. The van der Waals surface area contributed by atoms with E-state index in [1.807, 2.05) is 26.0 Å². The van der Waals surface area contributed by atoms with Crippen molar-refractivity contribution in [2.24, 2.45) is 0 Å². The minimum atomic E-state index is -4.81. The molecule has 1 N–H and O–H groups in total. The summed E-state index contributed by atoms with van der Waals surface area (Å²) >= 11 is 0. The third kappa shape index (κ3) is 4.59. The first-order chi connectivity index (χ1) is 15.6. The van der Waals surface area contributed by atoms with Gasteiger partial charge >= 0.3 is 6.36 Å². The van der Waals surface area contributed by atoms with Crippen molar-refractivity contribution in [3.05, 3.63) is 95.2 Å². The molecule has 0 fully saturated rings. The van der Waals surface area contributed by atoms with Crippen molar-refractivity contribution in [2.45, 2.75) is 20.2 Å². The number of amides is 2. The highest BCUT2D eigenvalue weighted by atomic mass is 19.4. The molecule has 1 aliphatic rings. The topological polar surface area (TPSA) is 58.6 Å². The molecule has 3 aromatic carbocycles. The van der Waals surface area contributed by atoms with Crippen LogP contribution in [0.3, 0.4) is 0 Å². The number of aryl methyl sites for hydroxylation is 2. The van der Waals surface area contributed by atoms with Crippen LogP contribution in [0.1, 0.15) is 16.7 Å². The number of rotatable bonds is 5. The van der Waals surface area contributed by atoms with Gasteiger partial charge in [0.15, 0.2) is 0 Å². The maximum absolute atomic E-state index is 13.5. The van der Waals surface area contributed by atoms with E-state index in [4.69, 9.17) is 0 Å². The van der Waals surface area contributed by atoms with Crippen molar-refractivity contribution >= 4 is 28.8 Å². The summed E-state index contributed by atoms with van der Waals surface area (Å²) in [6.45, 7) is 3.67. The van der Waals surface area contributed by atoms with Gasteiger partial charge in [-0.25, -0.2) is 4.90 Å². The lowest BCUT2D eigenvalue weighted by Gasteiger charge is -2.18. The smallest absolute Gasteiger partial charge is 0.406 e. The first-order valence-corrected chi connectivity index (χ1v) is 10.0. The Morgan fingerprint density at radius 3 is 2.15 bits per heavy atom. The number of alkyl halides is 3. The number of nitrogens with one attached hydrogen (secondary N) is 1. The Bertz CT molecular complexity index is 1250. The molecule has 0 saturated heterocycles. The van der Waals surface area contributed by atoms with Crippen molar-refractivity contribution in [2.75, 3.05) is 10.2 Å². The fourth-order valence-electron chi connectivity index (χ4n) is 3.58. The normalized spacial score (nSPS) is 14.2. The Hall–Kier alpha value is -4.07. The van der Waals surface area contributed by atoms with Gasteiger partial charge in [0, 0.05) is 5.69 Å². The Labute approximate surface area is 188 Å². The van der Waals surface area contributed by atoms with E-state index in [-0.39, 0.29) is 11.3 Å². The van der Waals surface area contributed by atoms with Gasteiger partial charge in [-0.05, 0) is 60.9 Å². The first kappa shape index (κ1) is 22.1. The van der Waals surface area contributed by atoms with E-state index in [2.05, 4.69) is 10.1 Å². The van der Waals surface area contributed by atoms with Crippen LogP contribution >= 0.6 is 0 Å². The van der Waals surface area contributed by atoms with Gasteiger partial charge in [0.05, 0.1) is 11.3 Å². The lowest BCUT2D eigenvalue weighted by molar-refractivity contribution is -0.274. The lowest BCUT2D eigenvalue weighted by atomic mass is 10.0. The summed E-state index contributed by atoms with van der Waals surface area (Å²) in [6.07, 6.45) is -4.81. The van der Waals surface area contributed by atoms with Crippen LogP contribution in [0.5, 0.6) is 5.75 Å². The van der Waals surface area contributed by atoms with Crippen LogP contribution < -0.4 is 15.0 Å². The maximum atomic E-state index is 13.5. The summed E-state index contributed by atoms with van der Waals surface area (Å²) < 4.78 is 41.2. The molecule has 3 aromatic rings. The number of benzene rings is 3. The Morgan fingerprint density at radius 2 is 1.52 bits per heavy atom. The predicted octanol–water partition coefficient (Wildman–Crippen LogP) is 5.60. The molecule has 33 heavy (non-hydrogen) atoms. The molecular weight excluding hydrogens is 433 g/mol. The maximum Gasteiger partial charge on any atom is 0.573 e. The SMILES string of the molecule is Cc1ccc(C)c(N2C(=O)C(Nc3ccc(OC(F)(F)F)cc3)=C(c3ccccc3)C2=O)c1. The molecule has 0 aromatic heterocycles. The first-order valence-electron chi connectivity index (χ1n) is 10.0. The second-order valence-electron chi connectivity index (χ2n) is 7.55. The van der Waals surface area contributed by atoms with Gasteiger partial charge in [-0.1, -0.05) is 42.5 Å². The highest BCUT2D eigenvalue weighted by Gasteiger charge is 2.41. The van der Waals surface area contributed by atoms with E-state index in [9.17, 15) is 22.8 Å². The van der Waals surface area contributed by atoms with E-state index in [1.165, 1.54) is 12.1 Å². The van der Waals surface area contributed by atoms with Crippen LogP contribution in [0, 0.1) is 13.8 Å². The minimum Gasteiger partial charge on any atom is -0.406 e. The Balaban J connectivity index is 1.74. The largest absolute Gasteiger partial charge is 0.573 e. The van der Waals surface area contributed by atoms with Crippen LogP contribution in [-0.4, -0.2) is 18.2 Å². The zero-order chi connectivity index (χ0) is 23.8. The van der Waals surface area contributed by atoms with E-state index in [1.54, 1.807) is 36.4 Å². The third-order valence-corrected chi connectivity index (χ3v) is 5.11. The van der Waals surface area contributed by atoms with E-state index in [0.29, 0.717) is 16.9 Å². The second kappa shape index (κ2) is 8.46. The van der Waals surface area contributed by atoms with Gasteiger partial charge < -0.3 is 10.1 Å². The van der Waals surface area contributed by atoms with E-state index >= 15 is 0 Å². The summed E-state index contributed by atoms with van der Waals surface area (Å²) in [5.74, 6) is -1.43. The molecule has 5 nitrogen and oxygen atoms in total. The molecule has 168 valence electrons. The molecule has 0 unspecified atom stereocenters. The monoisotopic (exact) mass is 452 g/mol. The van der Waals surface area contributed by atoms with Crippen molar-refractivity contribution in [3.63, 3.8) is 0 Å². The average molecular weight is 452 g/mol. The standard InChI is InChI=1S/C25H19F3N2O3/c1-15-8-9-16(2)20(14-15)30-23(31)21(17-6-4-3-5-7-17)22(24(30)32)29-18-10-12-19(13-11-18)33-25(26,27)28/h3-14,29H,1-2H3. The van der Waals surface area contributed by atoms with Crippen LogP contribution in [0.4, 0.5) is 24.5 Å². The summed E-state index contributed by atoms with van der Waals surface area (Å²) in [7, 11) is 0. The zero-order valence-corrected chi connectivity index (χ0v) is 17.7. The minimum absolute atomic E-state index is 0.0385. The Kier molecular flexibility index (Phi) is 5.68. The van der Waals surface area contributed by atoms with Crippen molar-refractivity contribution < 1.29 is 27.5 Å². The van der Waals surface area contributed by atoms with Gasteiger partial charge in [0.2, 0.25) is 0 Å². The van der Waals surface area contributed by atoms with Gasteiger partial charge in [-0.15, -0.1) is 13.2 Å². The van der Waals surface area contributed by atoms with E-state index < -0.39 is 23.9 Å².